The monoisotopic (exact) mass is 191 g/mol. The molecule has 68 valence electrons. The van der Waals surface area contributed by atoms with Crippen LogP contribution in [0.3, 0.4) is 0 Å². The summed E-state index contributed by atoms with van der Waals surface area (Å²) in [6.45, 7) is 1.60. The van der Waals surface area contributed by atoms with Crippen LogP contribution in [0.25, 0.3) is 0 Å². The van der Waals surface area contributed by atoms with Gasteiger partial charge in [-0.2, -0.15) is 8.42 Å². The maximum atomic E-state index is 10.5. The van der Waals surface area contributed by atoms with Crippen molar-refractivity contribution in [1.82, 2.24) is 4.98 Å². The summed E-state index contributed by atoms with van der Waals surface area (Å²) in [7, 11) is -3.39. The standard InChI is InChI=1S/C6H9NO4S/c1-5-7-6(3-10-5)4-11-12(2,8)9/h3H,4H2,1-2H3. The van der Waals surface area contributed by atoms with Gasteiger partial charge < -0.3 is 4.42 Å². The molecule has 5 nitrogen and oxygen atoms in total. The highest BCUT2D eigenvalue weighted by Crippen LogP contribution is 2.03. The average Bonchev–Trinajstić information content (AvgIpc) is 2.30. The Morgan fingerprint density at radius 2 is 2.33 bits per heavy atom. The molecule has 0 aliphatic heterocycles. The fourth-order valence-electron chi connectivity index (χ4n) is 0.642. The highest BCUT2D eigenvalue weighted by atomic mass is 32.2. The van der Waals surface area contributed by atoms with Crippen LogP contribution in [0.2, 0.25) is 0 Å². The van der Waals surface area contributed by atoms with E-state index < -0.39 is 10.1 Å². The number of nitrogens with zero attached hydrogens (tertiary/aromatic N) is 1. The third-order valence-corrected chi connectivity index (χ3v) is 1.63. The smallest absolute Gasteiger partial charge is 0.264 e. The van der Waals surface area contributed by atoms with Gasteiger partial charge in [-0.15, -0.1) is 0 Å². The lowest BCUT2D eigenvalue weighted by molar-refractivity contribution is 0.307. The molecule has 0 N–H and O–H groups in total. The zero-order valence-electron chi connectivity index (χ0n) is 6.77. The SMILES string of the molecule is Cc1nc(COS(C)(=O)=O)co1. The third-order valence-electron chi connectivity index (χ3n) is 1.09. The van der Waals surface area contributed by atoms with Gasteiger partial charge in [-0.1, -0.05) is 0 Å². The first-order chi connectivity index (χ1) is 5.47. The number of hydrogen-bond acceptors (Lipinski definition) is 5. The third kappa shape index (κ3) is 3.02. The van der Waals surface area contributed by atoms with E-state index in [1.165, 1.54) is 6.26 Å². The Morgan fingerprint density at radius 3 is 2.75 bits per heavy atom. The lowest BCUT2D eigenvalue weighted by Crippen LogP contribution is -2.02. The van der Waals surface area contributed by atoms with Crippen LogP contribution in [0.5, 0.6) is 0 Å². The molecule has 0 radical (unpaired) electrons. The van der Waals surface area contributed by atoms with E-state index in [0.717, 1.165) is 6.26 Å². The topological polar surface area (TPSA) is 69.4 Å². The molecule has 0 unspecified atom stereocenters. The summed E-state index contributed by atoms with van der Waals surface area (Å²) in [6, 6.07) is 0. The van der Waals surface area contributed by atoms with Gasteiger partial charge in [0.25, 0.3) is 10.1 Å². The quantitative estimate of drug-likeness (QED) is 0.649. The Kier molecular flexibility index (Phi) is 2.49. The second-order valence-electron chi connectivity index (χ2n) is 2.32. The summed E-state index contributed by atoms with van der Waals surface area (Å²) in [5, 5.41) is 0. The van der Waals surface area contributed by atoms with E-state index in [0.29, 0.717) is 11.6 Å². The molecule has 1 heterocycles. The van der Waals surface area contributed by atoms with Gasteiger partial charge >= 0.3 is 0 Å². The Balaban J connectivity index is 2.55. The Morgan fingerprint density at radius 1 is 1.67 bits per heavy atom. The van der Waals surface area contributed by atoms with E-state index in [4.69, 9.17) is 4.42 Å². The van der Waals surface area contributed by atoms with E-state index in [1.807, 2.05) is 0 Å². The molecule has 1 rings (SSSR count). The van der Waals surface area contributed by atoms with Gasteiger partial charge in [-0.05, 0) is 0 Å². The summed E-state index contributed by atoms with van der Waals surface area (Å²) < 4.78 is 30.4. The summed E-state index contributed by atoms with van der Waals surface area (Å²) in [5.74, 6) is 0.488. The van der Waals surface area contributed by atoms with Crippen LogP contribution in [-0.2, 0) is 20.9 Å². The highest BCUT2D eigenvalue weighted by Gasteiger charge is 2.05. The molecule has 6 heteroatoms. The van der Waals surface area contributed by atoms with Crippen molar-refractivity contribution in [1.29, 1.82) is 0 Å². The van der Waals surface area contributed by atoms with Gasteiger partial charge in [0.1, 0.15) is 18.6 Å². The predicted octanol–water partition coefficient (Wildman–Crippen LogP) is 0.459. The fourth-order valence-corrected chi connectivity index (χ4v) is 0.977. The maximum absolute atomic E-state index is 10.5. The first-order valence-corrected chi connectivity index (χ1v) is 5.04. The van der Waals surface area contributed by atoms with E-state index in [-0.39, 0.29) is 6.61 Å². The van der Waals surface area contributed by atoms with E-state index in [2.05, 4.69) is 9.17 Å². The van der Waals surface area contributed by atoms with Crippen molar-refractivity contribution in [3.05, 3.63) is 17.8 Å². The fraction of sp³-hybridized carbons (Fsp3) is 0.500. The Bertz CT molecular complexity index is 353. The summed E-state index contributed by atoms with van der Waals surface area (Å²) >= 11 is 0. The average molecular weight is 191 g/mol. The van der Waals surface area contributed by atoms with Crippen molar-refractivity contribution in [2.45, 2.75) is 13.5 Å². The van der Waals surface area contributed by atoms with Crippen LogP contribution < -0.4 is 0 Å². The van der Waals surface area contributed by atoms with Crippen molar-refractivity contribution in [3.8, 4) is 0 Å². The molecule has 0 bridgehead atoms. The molecule has 1 aromatic rings. The molecule has 0 aromatic carbocycles. The minimum atomic E-state index is -3.39. The number of hydrogen-bond donors (Lipinski definition) is 0. The van der Waals surface area contributed by atoms with Gasteiger partial charge in [0.05, 0.1) is 6.26 Å². The number of rotatable bonds is 3. The molecule has 1 aromatic heterocycles. The normalized spacial score (nSPS) is 11.8. The van der Waals surface area contributed by atoms with Crippen LogP contribution in [-0.4, -0.2) is 19.7 Å². The van der Waals surface area contributed by atoms with Gasteiger partial charge in [0.2, 0.25) is 0 Å². The van der Waals surface area contributed by atoms with Crippen LogP contribution >= 0.6 is 0 Å². The summed E-state index contributed by atoms with van der Waals surface area (Å²) in [6.07, 6.45) is 2.35. The number of oxazole rings is 1. The summed E-state index contributed by atoms with van der Waals surface area (Å²) in [4.78, 5) is 3.86. The number of aryl methyl sites for hydroxylation is 1. The molecular formula is C6H9NO4S. The van der Waals surface area contributed by atoms with Crippen LogP contribution in [0.1, 0.15) is 11.6 Å². The van der Waals surface area contributed by atoms with Crippen LogP contribution in [0.4, 0.5) is 0 Å². The molecule has 0 saturated heterocycles. The highest BCUT2D eigenvalue weighted by molar-refractivity contribution is 7.85. The zero-order valence-corrected chi connectivity index (χ0v) is 7.59. The molecule has 0 fully saturated rings. The molecule has 0 amide bonds. The van der Waals surface area contributed by atoms with E-state index in [9.17, 15) is 8.42 Å². The predicted molar refractivity (Wildman–Crippen MR) is 40.9 cm³/mol. The minimum Gasteiger partial charge on any atom is -0.449 e. The van der Waals surface area contributed by atoms with Gasteiger partial charge in [-0.25, -0.2) is 4.98 Å². The largest absolute Gasteiger partial charge is 0.449 e. The molecule has 0 aliphatic rings. The second kappa shape index (κ2) is 3.24. The summed E-state index contributed by atoms with van der Waals surface area (Å²) in [5.41, 5.74) is 0.470. The van der Waals surface area contributed by atoms with Crippen molar-refractivity contribution in [2.24, 2.45) is 0 Å². The Labute approximate surface area is 70.5 Å². The second-order valence-corrected chi connectivity index (χ2v) is 3.97. The molecule has 12 heavy (non-hydrogen) atoms. The van der Waals surface area contributed by atoms with E-state index in [1.54, 1.807) is 6.92 Å². The molecule has 0 spiro atoms. The van der Waals surface area contributed by atoms with Crippen LogP contribution in [0.15, 0.2) is 10.7 Å². The zero-order chi connectivity index (χ0) is 9.19. The molecule has 0 saturated carbocycles. The van der Waals surface area contributed by atoms with Crippen molar-refractivity contribution >= 4 is 10.1 Å². The van der Waals surface area contributed by atoms with Gasteiger partial charge in [-0.3, -0.25) is 4.18 Å². The number of aromatic nitrogens is 1. The Hall–Kier alpha value is -0.880. The minimum absolute atomic E-state index is 0.0732. The first kappa shape index (κ1) is 9.21. The van der Waals surface area contributed by atoms with Gasteiger partial charge in [0.15, 0.2) is 5.89 Å². The lowest BCUT2D eigenvalue weighted by Gasteiger charge is -1.95. The lowest BCUT2D eigenvalue weighted by atomic mass is 10.5. The molecule has 0 atom stereocenters. The first-order valence-electron chi connectivity index (χ1n) is 3.23. The van der Waals surface area contributed by atoms with Crippen molar-refractivity contribution in [3.63, 3.8) is 0 Å². The van der Waals surface area contributed by atoms with E-state index >= 15 is 0 Å². The van der Waals surface area contributed by atoms with Gasteiger partial charge in [0, 0.05) is 6.92 Å². The molecular weight excluding hydrogens is 182 g/mol. The molecule has 0 aliphatic carbocycles. The van der Waals surface area contributed by atoms with Crippen molar-refractivity contribution in [2.75, 3.05) is 6.26 Å². The van der Waals surface area contributed by atoms with Crippen molar-refractivity contribution < 1.29 is 17.0 Å². The van der Waals surface area contributed by atoms with Crippen LogP contribution in [0, 0.1) is 6.92 Å². The maximum Gasteiger partial charge on any atom is 0.264 e.